The molecule has 1 aromatic carbocycles. The molecule has 1 aromatic rings. The van der Waals surface area contributed by atoms with Gasteiger partial charge in [-0.1, -0.05) is 6.42 Å². The summed E-state index contributed by atoms with van der Waals surface area (Å²) in [6.45, 7) is 0. The number of hydrogen-bond donors (Lipinski definition) is 1. The van der Waals surface area contributed by atoms with Crippen LogP contribution in [0.4, 0.5) is 0 Å². The molecule has 1 aliphatic carbocycles. The van der Waals surface area contributed by atoms with Crippen molar-refractivity contribution >= 4 is 5.97 Å². The molecule has 0 radical (unpaired) electrons. The zero-order chi connectivity index (χ0) is 16.1. The number of benzene rings is 1. The van der Waals surface area contributed by atoms with E-state index in [0.717, 1.165) is 12.8 Å². The first-order chi connectivity index (χ1) is 10.6. The van der Waals surface area contributed by atoms with Gasteiger partial charge in [-0.05, 0) is 19.3 Å². The van der Waals surface area contributed by atoms with E-state index < -0.39 is 18.2 Å². The van der Waals surface area contributed by atoms with Crippen LogP contribution in [-0.2, 0) is 4.74 Å². The molecule has 0 saturated heterocycles. The number of esters is 1. The summed E-state index contributed by atoms with van der Waals surface area (Å²) in [7, 11) is 4.46. The lowest BCUT2D eigenvalue weighted by Gasteiger charge is -2.27. The first-order valence-electron chi connectivity index (χ1n) is 7.29. The Morgan fingerprint density at radius 2 is 1.59 bits per heavy atom. The monoisotopic (exact) mass is 310 g/mol. The number of aliphatic hydroxyl groups is 1. The van der Waals surface area contributed by atoms with Gasteiger partial charge in [0.15, 0.2) is 11.5 Å². The summed E-state index contributed by atoms with van der Waals surface area (Å²) in [5.41, 5.74) is 0.248. The standard InChI is InChI=1S/C16H22O6/c1-19-13-9-15(21-3)14(20-2)8-10(13)16(18)22-12-7-5-4-6-11(12)17/h8-9,11-12,17H,4-7H2,1-3H3/t11-,12-/m1/s1. The predicted molar refractivity (Wildman–Crippen MR) is 79.8 cm³/mol. The highest BCUT2D eigenvalue weighted by Gasteiger charge is 2.28. The molecule has 0 aromatic heterocycles. The van der Waals surface area contributed by atoms with Gasteiger partial charge in [-0.3, -0.25) is 0 Å². The third-order valence-electron chi connectivity index (χ3n) is 3.85. The molecule has 6 heteroatoms. The molecule has 0 unspecified atom stereocenters. The van der Waals surface area contributed by atoms with Crippen LogP contribution in [0.5, 0.6) is 17.2 Å². The summed E-state index contributed by atoms with van der Waals surface area (Å²) in [5, 5.41) is 9.92. The van der Waals surface area contributed by atoms with Gasteiger partial charge in [0.25, 0.3) is 0 Å². The van der Waals surface area contributed by atoms with Crippen molar-refractivity contribution in [3.63, 3.8) is 0 Å². The third-order valence-corrected chi connectivity index (χ3v) is 3.85. The Balaban J connectivity index is 2.24. The quantitative estimate of drug-likeness (QED) is 0.840. The van der Waals surface area contributed by atoms with Gasteiger partial charge in [-0.25, -0.2) is 4.79 Å². The van der Waals surface area contributed by atoms with E-state index in [4.69, 9.17) is 18.9 Å². The normalized spacial score (nSPS) is 21.1. The summed E-state index contributed by atoms with van der Waals surface area (Å²) in [5.74, 6) is 0.685. The molecule has 2 rings (SSSR count). The molecule has 6 nitrogen and oxygen atoms in total. The van der Waals surface area contributed by atoms with E-state index in [9.17, 15) is 9.90 Å². The van der Waals surface area contributed by atoms with E-state index in [1.165, 1.54) is 27.4 Å². The molecule has 1 aliphatic rings. The second kappa shape index (κ2) is 7.35. The lowest BCUT2D eigenvalue weighted by Crippen LogP contribution is -2.34. The molecule has 1 fully saturated rings. The minimum atomic E-state index is -0.608. The molecular formula is C16H22O6. The van der Waals surface area contributed by atoms with Crippen molar-refractivity contribution in [1.29, 1.82) is 0 Å². The van der Waals surface area contributed by atoms with Crippen molar-refractivity contribution < 1.29 is 28.8 Å². The van der Waals surface area contributed by atoms with Gasteiger partial charge < -0.3 is 24.1 Å². The largest absolute Gasteiger partial charge is 0.496 e. The van der Waals surface area contributed by atoms with Crippen molar-refractivity contribution in [1.82, 2.24) is 0 Å². The smallest absolute Gasteiger partial charge is 0.342 e. The fourth-order valence-corrected chi connectivity index (χ4v) is 2.60. The number of methoxy groups -OCH3 is 3. The fraction of sp³-hybridized carbons (Fsp3) is 0.562. The molecule has 2 atom stereocenters. The molecule has 1 saturated carbocycles. The van der Waals surface area contributed by atoms with Gasteiger partial charge in [0.05, 0.1) is 27.4 Å². The van der Waals surface area contributed by atoms with Crippen LogP contribution in [-0.4, -0.2) is 44.6 Å². The minimum absolute atomic E-state index is 0.248. The first kappa shape index (κ1) is 16.4. The Morgan fingerprint density at radius 3 is 2.18 bits per heavy atom. The summed E-state index contributed by atoms with van der Waals surface area (Å²) in [6.07, 6.45) is 2.14. The number of ether oxygens (including phenoxy) is 4. The number of rotatable bonds is 5. The van der Waals surface area contributed by atoms with E-state index in [-0.39, 0.29) is 5.56 Å². The molecular weight excluding hydrogens is 288 g/mol. The van der Waals surface area contributed by atoms with E-state index in [1.807, 2.05) is 0 Å². The van der Waals surface area contributed by atoms with Gasteiger partial charge in [-0.15, -0.1) is 0 Å². The molecule has 22 heavy (non-hydrogen) atoms. The van der Waals surface area contributed by atoms with Crippen LogP contribution in [0.1, 0.15) is 36.0 Å². The third kappa shape index (κ3) is 3.44. The second-order valence-corrected chi connectivity index (χ2v) is 5.20. The van der Waals surface area contributed by atoms with Crippen LogP contribution in [0, 0.1) is 0 Å². The maximum Gasteiger partial charge on any atom is 0.342 e. The highest BCUT2D eigenvalue weighted by Crippen LogP contribution is 2.35. The molecule has 0 bridgehead atoms. The second-order valence-electron chi connectivity index (χ2n) is 5.20. The van der Waals surface area contributed by atoms with Crippen molar-refractivity contribution in [2.45, 2.75) is 37.9 Å². The number of carbonyl (C=O) groups is 1. The Labute approximate surface area is 129 Å². The lowest BCUT2D eigenvalue weighted by molar-refractivity contribution is -0.0362. The van der Waals surface area contributed by atoms with Crippen LogP contribution < -0.4 is 14.2 Å². The SMILES string of the molecule is COc1cc(OC)c(C(=O)O[C@@H]2CCCC[C@H]2O)cc1OC. The van der Waals surface area contributed by atoms with Crippen LogP contribution >= 0.6 is 0 Å². The van der Waals surface area contributed by atoms with Crippen molar-refractivity contribution in [3.05, 3.63) is 17.7 Å². The van der Waals surface area contributed by atoms with Gasteiger partial charge in [0, 0.05) is 12.1 Å². The Hall–Kier alpha value is -1.95. The number of aliphatic hydroxyl groups excluding tert-OH is 1. The highest BCUT2D eigenvalue weighted by molar-refractivity contribution is 5.93. The van der Waals surface area contributed by atoms with Crippen LogP contribution in [0.2, 0.25) is 0 Å². The molecule has 1 N–H and O–H groups in total. The van der Waals surface area contributed by atoms with E-state index in [0.29, 0.717) is 30.1 Å². The lowest BCUT2D eigenvalue weighted by atomic mass is 9.95. The number of hydrogen-bond acceptors (Lipinski definition) is 6. The van der Waals surface area contributed by atoms with E-state index >= 15 is 0 Å². The summed E-state index contributed by atoms with van der Waals surface area (Å²) in [4.78, 5) is 12.4. The van der Waals surface area contributed by atoms with Crippen LogP contribution in [0.25, 0.3) is 0 Å². The Kier molecular flexibility index (Phi) is 5.49. The Morgan fingerprint density at radius 1 is 1.00 bits per heavy atom. The van der Waals surface area contributed by atoms with Crippen LogP contribution in [0.3, 0.4) is 0 Å². The molecule has 0 aliphatic heterocycles. The first-order valence-corrected chi connectivity index (χ1v) is 7.29. The predicted octanol–water partition coefficient (Wildman–Crippen LogP) is 2.17. The molecule has 0 amide bonds. The van der Waals surface area contributed by atoms with Crippen molar-refractivity contribution in [3.8, 4) is 17.2 Å². The van der Waals surface area contributed by atoms with E-state index in [2.05, 4.69) is 0 Å². The maximum absolute atomic E-state index is 12.4. The maximum atomic E-state index is 12.4. The molecule has 122 valence electrons. The fourth-order valence-electron chi connectivity index (χ4n) is 2.60. The molecule has 0 heterocycles. The zero-order valence-corrected chi connectivity index (χ0v) is 13.1. The Bertz CT molecular complexity index is 528. The van der Waals surface area contributed by atoms with Crippen molar-refractivity contribution in [2.24, 2.45) is 0 Å². The number of carbonyl (C=O) groups excluding carboxylic acids is 1. The van der Waals surface area contributed by atoms with Gasteiger partial charge in [0.1, 0.15) is 17.4 Å². The van der Waals surface area contributed by atoms with Gasteiger partial charge in [-0.2, -0.15) is 0 Å². The van der Waals surface area contributed by atoms with Gasteiger partial charge in [0.2, 0.25) is 0 Å². The topological polar surface area (TPSA) is 74.2 Å². The molecule has 0 spiro atoms. The summed E-state index contributed by atoms with van der Waals surface area (Å²) in [6, 6.07) is 3.10. The van der Waals surface area contributed by atoms with Crippen molar-refractivity contribution in [2.75, 3.05) is 21.3 Å². The van der Waals surface area contributed by atoms with Gasteiger partial charge >= 0.3 is 5.97 Å². The minimum Gasteiger partial charge on any atom is -0.496 e. The summed E-state index contributed by atoms with van der Waals surface area (Å²) < 4.78 is 21.0. The highest BCUT2D eigenvalue weighted by atomic mass is 16.6. The average molecular weight is 310 g/mol. The zero-order valence-electron chi connectivity index (χ0n) is 13.1. The van der Waals surface area contributed by atoms with Crippen LogP contribution in [0.15, 0.2) is 12.1 Å². The average Bonchev–Trinajstić information content (AvgIpc) is 2.55. The summed E-state index contributed by atoms with van der Waals surface area (Å²) >= 11 is 0. The van der Waals surface area contributed by atoms with E-state index in [1.54, 1.807) is 6.07 Å².